The molecule has 2 heterocycles. The lowest BCUT2D eigenvalue weighted by atomic mass is 10.1. The van der Waals surface area contributed by atoms with E-state index in [2.05, 4.69) is 15.5 Å². The van der Waals surface area contributed by atoms with E-state index in [0.29, 0.717) is 24.4 Å². The van der Waals surface area contributed by atoms with Gasteiger partial charge in [0.05, 0.1) is 12.2 Å². The van der Waals surface area contributed by atoms with E-state index in [4.69, 9.17) is 0 Å². The Bertz CT molecular complexity index is 995. The molecule has 7 heteroatoms. The minimum Gasteiger partial charge on any atom is -0.321 e. The van der Waals surface area contributed by atoms with Crippen molar-refractivity contribution in [2.24, 2.45) is 5.10 Å². The number of hydrazone groups is 1. The van der Waals surface area contributed by atoms with Crippen molar-refractivity contribution in [1.82, 2.24) is 14.8 Å². The molecule has 0 saturated carbocycles. The van der Waals surface area contributed by atoms with Crippen LogP contribution in [0.25, 0.3) is 5.69 Å². The number of nitrogens with one attached hydrogen (secondary N) is 1. The number of hydrogen-bond acceptors (Lipinski definition) is 4. The highest BCUT2D eigenvalue weighted by molar-refractivity contribution is 6.43. The number of benzene rings is 2. The van der Waals surface area contributed by atoms with E-state index in [1.54, 1.807) is 10.9 Å². The van der Waals surface area contributed by atoms with Gasteiger partial charge in [-0.05, 0) is 35.9 Å². The summed E-state index contributed by atoms with van der Waals surface area (Å²) in [5.41, 5.74) is 2.88. The largest absolute Gasteiger partial charge is 0.321 e. The van der Waals surface area contributed by atoms with Gasteiger partial charge in [-0.15, -0.1) is 0 Å². The van der Waals surface area contributed by atoms with E-state index in [9.17, 15) is 9.59 Å². The first kappa shape index (κ1) is 17.7. The Balaban J connectivity index is 1.44. The number of anilines is 1. The first-order valence-corrected chi connectivity index (χ1v) is 9.02. The number of amides is 2. The van der Waals surface area contributed by atoms with Gasteiger partial charge in [-0.3, -0.25) is 9.59 Å². The summed E-state index contributed by atoms with van der Waals surface area (Å²) in [5, 5.41) is 12.7. The molecule has 3 aromatic rings. The summed E-state index contributed by atoms with van der Waals surface area (Å²) in [5.74, 6) is -0.374. The summed E-state index contributed by atoms with van der Waals surface area (Å²) in [4.78, 5) is 24.7. The predicted octanol–water partition coefficient (Wildman–Crippen LogP) is 2.99. The molecule has 0 unspecified atom stereocenters. The summed E-state index contributed by atoms with van der Waals surface area (Å²) in [6.07, 6.45) is 4.17. The molecule has 7 nitrogen and oxygen atoms in total. The zero-order valence-electron chi connectivity index (χ0n) is 15.2. The van der Waals surface area contributed by atoms with Crippen molar-refractivity contribution in [2.45, 2.75) is 19.4 Å². The van der Waals surface area contributed by atoms with Gasteiger partial charge < -0.3 is 5.32 Å². The fourth-order valence-corrected chi connectivity index (χ4v) is 2.97. The highest BCUT2D eigenvalue weighted by atomic mass is 16.2. The zero-order chi connectivity index (χ0) is 19.3. The van der Waals surface area contributed by atoms with Crippen LogP contribution in [0.2, 0.25) is 0 Å². The Hall–Kier alpha value is -3.74. The van der Waals surface area contributed by atoms with Crippen LogP contribution >= 0.6 is 0 Å². The third kappa shape index (κ3) is 3.98. The lowest BCUT2D eigenvalue weighted by Crippen LogP contribution is -2.36. The lowest BCUT2D eigenvalue weighted by Gasteiger charge is -2.23. The van der Waals surface area contributed by atoms with E-state index in [0.717, 1.165) is 11.3 Å². The van der Waals surface area contributed by atoms with Gasteiger partial charge in [0.25, 0.3) is 5.91 Å². The van der Waals surface area contributed by atoms with E-state index < -0.39 is 0 Å². The second-order valence-corrected chi connectivity index (χ2v) is 6.44. The number of rotatable bonds is 5. The molecule has 1 aromatic heterocycles. The van der Waals surface area contributed by atoms with Gasteiger partial charge in [0.2, 0.25) is 5.91 Å². The number of nitrogens with zero attached hydrogens (tertiary/aromatic N) is 4. The smallest absolute Gasteiger partial charge is 0.271 e. The number of carbonyl (C=O) groups excluding carboxylic acids is 2. The van der Waals surface area contributed by atoms with Crippen LogP contribution in [-0.4, -0.2) is 32.3 Å². The van der Waals surface area contributed by atoms with Crippen molar-refractivity contribution < 1.29 is 9.59 Å². The molecule has 1 N–H and O–H groups in total. The minimum absolute atomic E-state index is 0.0796. The highest BCUT2D eigenvalue weighted by Gasteiger charge is 2.24. The van der Waals surface area contributed by atoms with Crippen LogP contribution in [-0.2, 0) is 16.1 Å². The van der Waals surface area contributed by atoms with Crippen LogP contribution in [0.3, 0.4) is 0 Å². The zero-order valence-corrected chi connectivity index (χ0v) is 15.2. The molecule has 140 valence electrons. The molecule has 1 aliphatic rings. The molecule has 1 aliphatic heterocycles. The maximum Gasteiger partial charge on any atom is 0.271 e. The molecule has 0 bridgehead atoms. The molecule has 0 fully saturated rings. The van der Waals surface area contributed by atoms with Crippen LogP contribution in [0.1, 0.15) is 18.4 Å². The van der Waals surface area contributed by atoms with E-state index in [1.165, 1.54) is 5.01 Å². The molecule has 2 amide bonds. The van der Waals surface area contributed by atoms with Crippen molar-refractivity contribution in [3.8, 4) is 5.69 Å². The Morgan fingerprint density at radius 3 is 2.50 bits per heavy atom. The Morgan fingerprint density at radius 2 is 1.79 bits per heavy atom. The Morgan fingerprint density at radius 1 is 1.00 bits per heavy atom. The minimum atomic E-state index is -0.294. The third-order valence-corrected chi connectivity index (χ3v) is 4.44. The molecule has 2 aromatic carbocycles. The van der Waals surface area contributed by atoms with Crippen molar-refractivity contribution >= 4 is 23.2 Å². The van der Waals surface area contributed by atoms with Gasteiger partial charge in [-0.1, -0.05) is 30.3 Å². The number of hydrogen-bond donors (Lipinski definition) is 1. The monoisotopic (exact) mass is 373 g/mol. The average molecular weight is 373 g/mol. The standard InChI is InChI=1S/C21H19N5O2/c27-20-12-11-19(24-26(20)15-16-5-2-1-3-6-16)21(28)23-17-7-9-18(10-8-17)25-14-4-13-22-25/h1-10,13-14H,11-12,15H2,(H,23,28). The topological polar surface area (TPSA) is 79.6 Å². The quantitative estimate of drug-likeness (QED) is 0.747. The maximum absolute atomic E-state index is 12.6. The first-order chi connectivity index (χ1) is 13.7. The van der Waals surface area contributed by atoms with Gasteiger partial charge in [0, 0.05) is 30.9 Å². The van der Waals surface area contributed by atoms with Crippen LogP contribution in [0.15, 0.2) is 78.2 Å². The molecule has 0 atom stereocenters. The summed E-state index contributed by atoms with van der Waals surface area (Å²) in [7, 11) is 0. The maximum atomic E-state index is 12.6. The number of aromatic nitrogens is 2. The van der Waals surface area contributed by atoms with Crippen LogP contribution in [0.5, 0.6) is 0 Å². The average Bonchev–Trinajstić information content (AvgIpc) is 3.26. The summed E-state index contributed by atoms with van der Waals surface area (Å²) < 4.78 is 1.74. The SMILES string of the molecule is O=C(Nc1ccc(-n2cccn2)cc1)C1=NN(Cc2ccccc2)C(=O)CC1. The summed E-state index contributed by atoms with van der Waals surface area (Å²) >= 11 is 0. The second-order valence-electron chi connectivity index (χ2n) is 6.44. The van der Waals surface area contributed by atoms with E-state index >= 15 is 0 Å². The summed E-state index contributed by atoms with van der Waals surface area (Å²) in [6.45, 7) is 0.356. The van der Waals surface area contributed by atoms with Crippen LogP contribution in [0, 0.1) is 0 Å². The van der Waals surface area contributed by atoms with Gasteiger partial charge in [-0.25, -0.2) is 9.69 Å². The Kier molecular flexibility index (Phi) is 4.97. The molecule has 28 heavy (non-hydrogen) atoms. The van der Waals surface area contributed by atoms with Crippen molar-refractivity contribution in [3.05, 3.63) is 78.6 Å². The lowest BCUT2D eigenvalue weighted by molar-refractivity contribution is -0.132. The van der Waals surface area contributed by atoms with Gasteiger partial charge >= 0.3 is 0 Å². The second kappa shape index (κ2) is 7.87. The van der Waals surface area contributed by atoms with E-state index in [-0.39, 0.29) is 18.2 Å². The van der Waals surface area contributed by atoms with Gasteiger partial charge in [0.15, 0.2) is 0 Å². The molecule has 4 rings (SSSR count). The molecular weight excluding hydrogens is 354 g/mol. The van der Waals surface area contributed by atoms with Crippen molar-refractivity contribution in [2.75, 3.05) is 5.32 Å². The number of carbonyl (C=O) groups is 2. The van der Waals surface area contributed by atoms with Gasteiger partial charge in [0.1, 0.15) is 5.71 Å². The fraction of sp³-hybridized carbons (Fsp3) is 0.143. The first-order valence-electron chi connectivity index (χ1n) is 9.02. The van der Waals surface area contributed by atoms with Gasteiger partial charge in [-0.2, -0.15) is 10.2 Å². The highest BCUT2D eigenvalue weighted by Crippen LogP contribution is 2.16. The molecule has 0 saturated heterocycles. The normalized spacial score (nSPS) is 13.9. The Labute approximate surface area is 162 Å². The van der Waals surface area contributed by atoms with Crippen LogP contribution in [0.4, 0.5) is 5.69 Å². The molecule has 0 aliphatic carbocycles. The fourth-order valence-electron chi connectivity index (χ4n) is 2.97. The molecule has 0 spiro atoms. The predicted molar refractivity (Wildman–Crippen MR) is 106 cm³/mol. The van der Waals surface area contributed by atoms with Crippen molar-refractivity contribution in [3.63, 3.8) is 0 Å². The third-order valence-electron chi connectivity index (χ3n) is 4.44. The molecule has 0 radical (unpaired) electrons. The summed E-state index contributed by atoms with van der Waals surface area (Å²) in [6, 6.07) is 18.8. The van der Waals surface area contributed by atoms with Crippen molar-refractivity contribution in [1.29, 1.82) is 0 Å². The van der Waals surface area contributed by atoms with Crippen LogP contribution < -0.4 is 5.32 Å². The van der Waals surface area contributed by atoms with E-state index in [1.807, 2.05) is 66.9 Å². The molecular formula is C21H19N5O2.